The van der Waals surface area contributed by atoms with E-state index < -0.39 is 0 Å². The van der Waals surface area contributed by atoms with Gasteiger partial charge in [0.1, 0.15) is 14.9 Å². The molecule has 0 aliphatic rings. The van der Waals surface area contributed by atoms with E-state index in [1.165, 1.54) is 0 Å². The number of aromatic nitrogens is 4. The SMILES string of the molecule is CC(C)S(=c1[nH]c(=S)c2[nH]cnc2[nH]1)C(C)C. The third kappa shape index (κ3) is 2.37. The van der Waals surface area contributed by atoms with Crippen LogP contribution >= 0.6 is 22.7 Å². The Bertz CT molecular complexity index is 635. The van der Waals surface area contributed by atoms with Crippen molar-refractivity contribution in [1.29, 1.82) is 0 Å². The second-order valence-electron chi connectivity index (χ2n) is 4.50. The van der Waals surface area contributed by atoms with E-state index in [4.69, 9.17) is 12.2 Å². The van der Waals surface area contributed by atoms with Gasteiger partial charge < -0.3 is 15.0 Å². The van der Waals surface area contributed by atoms with Crippen LogP contribution in [0.1, 0.15) is 27.7 Å². The zero-order chi connectivity index (χ0) is 12.6. The van der Waals surface area contributed by atoms with E-state index in [0.29, 0.717) is 10.5 Å². The minimum atomic E-state index is 0.127. The van der Waals surface area contributed by atoms with Crippen molar-refractivity contribution < 1.29 is 0 Å². The largest absolute Gasteiger partial charge is 0.341 e. The second kappa shape index (κ2) is 4.78. The molecule has 0 saturated heterocycles. The molecule has 94 valence electrons. The number of imidazole rings is 1. The van der Waals surface area contributed by atoms with Crippen LogP contribution in [0.2, 0.25) is 0 Å². The third-order valence-electron chi connectivity index (χ3n) is 2.58. The van der Waals surface area contributed by atoms with Crippen molar-refractivity contribution in [2.75, 3.05) is 0 Å². The monoisotopic (exact) mass is 270 g/mol. The van der Waals surface area contributed by atoms with Gasteiger partial charge in [0.15, 0.2) is 5.65 Å². The Morgan fingerprint density at radius 2 is 1.82 bits per heavy atom. The summed E-state index contributed by atoms with van der Waals surface area (Å²) in [7, 11) is 0.127. The van der Waals surface area contributed by atoms with Gasteiger partial charge in [0.25, 0.3) is 0 Å². The van der Waals surface area contributed by atoms with E-state index in [0.717, 1.165) is 20.6 Å². The van der Waals surface area contributed by atoms with Crippen molar-refractivity contribution in [1.82, 2.24) is 19.9 Å². The fourth-order valence-corrected chi connectivity index (χ4v) is 4.79. The number of H-pyrrole nitrogens is 3. The molecule has 2 heterocycles. The molecule has 4 nitrogen and oxygen atoms in total. The highest BCUT2D eigenvalue weighted by Gasteiger charge is 2.09. The maximum Gasteiger partial charge on any atom is 0.160 e. The van der Waals surface area contributed by atoms with Crippen molar-refractivity contribution in [3.63, 3.8) is 0 Å². The third-order valence-corrected chi connectivity index (χ3v) is 5.59. The van der Waals surface area contributed by atoms with Crippen LogP contribution in [0, 0.1) is 9.41 Å². The van der Waals surface area contributed by atoms with Gasteiger partial charge >= 0.3 is 0 Å². The van der Waals surface area contributed by atoms with Crippen molar-refractivity contribution in [3.8, 4) is 0 Å². The van der Waals surface area contributed by atoms with Gasteiger partial charge in [0, 0.05) is 0 Å². The maximum atomic E-state index is 5.34. The number of rotatable bonds is 2. The molecule has 2 rings (SSSR count). The predicted molar refractivity (Wildman–Crippen MR) is 76.7 cm³/mol. The summed E-state index contributed by atoms with van der Waals surface area (Å²) in [6.45, 7) is 8.95. The Hall–Kier alpha value is -0.880. The van der Waals surface area contributed by atoms with Gasteiger partial charge in [-0.1, -0.05) is 39.9 Å². The Labute approximate surface area is 108 Å². The summed E-state index contributed by atoms with van der Waals surface area (Å²) in [6.07, 6.45) is 1.66. The molecule has 0 aromatic carbocycles. The van der Waals surface area contributed by atoms with Crippen LogP contribution in [0.3, 0.4) is 0 Å². The van der Waals surface area contributed by atoms with E-state index in [1.807, 2.05) is 0 Å². The summed E-state index contributed by atoms with van der Waals surface area (Å²) in [5.41, 5.74) is 1.71. The molecule has 0 spiro atoms. The van der Waals surface area contributed by atoms with Crippen LogP contribution in [0.15, 0.2) is 6.33 Å². The summed E-state index contributed by atoms with van der Waals surface area (Å²) < 4.78 is 1.82. The molecule has 0 fully saturated rings. The van der Waals surface area contributed by atoms with Gasteiger partial charge in [-0.3, -0.25) is 0 Å². The number of nitrogens with zero attached hydrogens (tertiary/aromatic N) is 1. The highest BCUT2D eigenvalue weighted by Crippen LogP contribution is 2.28. The molecule has 2 aromatic rings. The molecular weight excluding hydrogens is 252 g/mol. The lowest BCUT2D eigenvalue weighted by atomic mass is 10.5. The number of hydrogen-bond acceptors (Lipinski definition) is 2. The smallest absolute Gasteiger partial charge is 0.160 e. The zero-order valence-electron chi connectivity index (χ0n) is 10.5. The Morgan fingerprint density at radius 1 is 1.18 bits per heavy atom. The minimum Gasteiger partial charge on any atom is -0.341 e. The van der Waals surface area contributed by atoms with E-state index in [-0.39, 0.29) is 10.5 Å². The molecule has 17 heavy (non-hydrogen) atoms. The molecule has 0 amide bonds. The Balaban J connectivity index is 2.85. The molecule has 3 N–H and O–H groups in total. The van der Waals surface area contributed by atoms with Gasteiger partial charge in [-0.25, -0.2) is 4.98 Å². The van der Waals surface area contributed by atoms with Gasteiger partial charge in [0.2, 0.25) is 0 Å². The lowest BCUT2D eigenvalue weighted by molar-refractivity contribution is 1.03. The lowest BCUT2D eigenvalue weighted by Gasteiger charge is -2.16. The van der Waals surface area contributed by atoms with Gasteiger partial charge in [-0.15, -0.1) is 10.5 Å². The van der Waals surface area contributed by atoms with E-state index in [1.54, 1.807) is 6.33 Å². The molecule has 2 aromatic heterocycles. The molecule has 0 aliphatic heterocycles. The van der Waals surface area contributed by atoms with Crippen LogP contribution in [0.5, 0.6) is 0 Å². The number of fused-ring (bicyclic) bond motifs is 1. The van der Waals surface area contributed by atoms with E-state index in [2.05, 4.69) is 47.6 Å². The maximum absolute atomic E-state index is 5.34. The fourth-order valence-electron chi connectivity index (χ4n) is 2.00. The number of aromatic amines is 3. The van der Waals surface area contributed by atoms with E-state index >= 15 is 0 Å². The molecule has 0 bridgehead atoms. The summed E-state index contributed by atoms with van der Waals surface area (Å²) in [5, 5.41) is 1.15. The van der Waals surface area contributed by atoms with Crippen molar-refractivity contribution >= 4 is 33.9 Å². The van der Waals surface area contributed by atoms with Crippen LogP contribution in [0.25, 0.3) is 11.2 Å². The molecule has 0 atom stereocenters. The van der Waals surface area contributed by atoms with Crippen molar-refractivity contribution in [3.05, 3.63) is 15.7 Å². The van der Waals surface area contributed by atoms with Crippen molar-refractivity contribution in [2.45, 2.75) is 38.2 Å². The quantitative estimate of drug-likeness (QED) is 0.731. The summed E-state index contributed by atoms with van der Waals surface area (Å²) in [6, 6.07) is 0. The molecular formula is C11H18N4S2. The predicted octanol–water partition coefficient (Wildman–Crippen LogP) is 3.57. The number of nitrogens with one attached hydrogen (secondary N) is 3. The number of hydrogen-bond donors (Lipinski definition) is 3. The first kappa shape index (κ1) is 12.6. The molecule has 0 unspecified atom stereocenters. The molecule has 0 saturated carbocycles. The standard InChI is InChI=1S/C11H18N4S2/c1-6(2)17(7(3)4)11-14-9-8(10(16)15-11)12-5-13-9/h5-7,14H,1-4H3,(H,12,13)(H,15,16). The topological polar surface area (TPSA) is 60.3 Å². The first-order valence-electron chi connectivity index (χ1n) is 5.71. The molecule has 0 aliphatic carbocycles. The van der Waals surface area contributed by atoms with E-state index in [9.17, 15) is 0 Å². The average Bonchev–Trinajstić information content (AvgIpc) is 2.64. The van der Waals surface area contributed by atoms with Gasteiger partial charge in [0.05, 0.1) is 6.33 Å². The second-order valence-corrected chi connectivity index (χ2v) is 7.95. The highest BCUT2D eigenvalue weighted by molar-refractivity contribution is 8.10. The highest BCUT2D eigenvalue weighted by atomic mass is 32.2. The zero-order valence-corrected chi connectivity index (χ0v) is 12.1. The molecule has 0 radical (unpaired) electrons. The summed E-state index contributed by atoms with van der Waals surface area (Å²) in [4.78, 5) is 13.9. The first-order chi connectivity index (χ1) is 8.00. The lowest BCUT2D eigenvalue weighted by Crippen LogP contribution is -2.04. The van der Waals surface area contributed by atoms with Crippen molar-refractivity contribution in [2.24, 2.45) is 0 Å². The summed E-state index contributed by atoms with van der Waals surface area (Å²) in [5.74, 6) is 0. The molecule has 6 heteroatoms. The Morgan fingerprint density at radius 3 is 2.41 bits per heavy atom. The van der Waals surface area contributed by atoms with Crippen LogP contribution in [-0.2, 0) is 0 Å². The van der Waals surface area contributed by atoms with Gasteiger partial charge in [-0.05, 0) is 10.5 Å². The van der Waals surface area contributed by atoms with Crippen LogP contribution < -0.4 is 0 Å². The van der Waals surface area contributed by atoms with Gasteiger partial charge in [-0.2, -0.15) is 0 Å². The minimum absolute atomic E-state index is 0.127. The normalized spacial score (nSPS) is 12.2. The average molecular weight is 270 g/mol. The Kier molecular flexibility index (Phi) is 3.53. The van der Waals surface area contributed by atoms with Crippen LogP contribution in [0.4, 0.5) is 0 Å². The summed E-state index contributed by atoms with van der Waals surface area (Å²) >= 11 is 5.34. The van der Waals surface area contributed by atoms with Crippen LogP contribution in [-0.4, -0.2) is 30.4 Å². The fraction of sp³-hybridized carbons (Fsp3) is 0.545. The first-order valence-corrected chi connectivity index (χ1v) is 7.47.